The zero-order valence-corrected chi connectivity index (χ0v) is 24.6. The Hall–Kier alpha value is -4.14. The summed E-state index contributed by atoms with van der Waals surface area (Å²) in [7, 11) is 1.59. The maximum Gasteiger partial charge on any atom is 0.271 e. The van der Waals surface area contributed by atoms with E-state index in [1.165, 1.54) is 11.3 Å². The molecule has 5 rings (SSSR count). The molecule has 8 heteroatoms. The van der Waals surface area contributed by atoms with Crippen molar-refractivity contribution in [3.63, 3.8) is 0 Å². The monoisotopic (exact) mass is 612 g/mol. The normalized spacial score (nSPS) is 13.8. The van der Waals surface area contributed by atoms with E-state index < -0.39 is 0 Å². The first kappa shape index (κ1) is 28.4. The van der Waals surface area contributed by atoms with Crippen molar-refractivity contribution in [2.75, 3.05) is 38.2 Å². The fourth-order valence-electron chi connectivity index (χ4n) is 4.74. The summed E-state index contributed by atoms with van der Waals surface area (Å²) < 4.78 is 12.3. The number of methoxy groups -OCH3 is 1. The molecule has 0 spiro atoms. The Labute approximate surface area is 249 Å². The third-order valence-electron chi connectivity index (χ3n) is 6.97. The molecule has 1 aliphatic heterocycles. The third-order valence-corrected chi connectivity index (χ3v) is 7.56. The predicted octanol–water partition coefficient (Wildman–Crippen LogP) is 6.12. The number of rotatable bonds is 10. The highest BCUT2D eigenvalue weighted by Crippen LogP contribution is 2.36. The molecule has 41 heavy (non-hydrogen) atoms. The topological polar surface area (TPSA) is 66.4 Å². The summed E-state index contributed by atoms with van der Waals surface area (Å²) in [5, 5.41) is 4.15. The van der Waals surface area contributed by atoms with Crippen molar-refractivity contribution in [2.45, 2.75) is 13.2 Å². The van der Waals surface area contributed by atoms with Gasteiger partial charge in [-0.15, -0.1) is 0 Å². The van der Waals surface area contributed by atoms with E-state index in [-0.39, 0.29) is 5.91 Å². The quantitative estimate of drug-likeness (QED) is 0.173. The Morgan fingerprint density at radius 2 is 1.59 bits per heavy atom. The van der Waals surface area contributed by atoms with Gasteiger partial charge < -0.3 is 14.4 Å². The van der Waals surface area contributed by atoms with Crippen LogP contribution in [0.25, 0.3) is 0 Å². The van der Waals surface area contributed by atoms with Crippen LogP contribution in [-0.4, -0.2) is 50.3 Å². The van der Waals surface area contributed by atoms with Gasteiger partial charge >= 0.3 is 0 Å². The number of hydrogen-bond donors (Lipinski definition) is 1. The van der Waals surface area contributed by atoms with Gasteiger partial charge in [-0.05, 0) is 69.0 Å². The highest BCUT2D eigenvalue weighted by Gasteiger charge is 2.17. The molecule has 1 N–H and O–H groups in total. The maximum atomic E-state index is 12.7. The van der Waals surface area contributed by atoms with Crippen LogP contribution in [0.1, 0.15) is 27.0 Å². The van der Waals surface area contributed by atoms with Crippen LogP contribution in [0.2, 0.25) is 0 Å². The molecule has 1 fully saturated rings. The lowest BCUT2D eigenvalue weighted by molar-refractivity contribution is 0.0955. The van der Waals surface area contributed by atoms with Gasteiger partial charge in [0.2, 0.25) is 0 Å². The lowest BCUT2D eigenvalue weighted by Gasteiger charge is -2.36. The smallest absolute Gasteiger partial charge is 0.271 e. The lowest BCUT2D eigenvalue weighted by atomic mass is 10.1. The van der Waals surface area contributed by atoms with E-state index in [1.54, 1.807) is 13.3 Å². The number of hydrogen-bond acceptors (Lipinski definition) is 6. The van der Waals surface area contributed by atoms with E-state index >= 15 is 0 Å². The second-order valence-electron chi connectivity index (χ2n) is 9.80. The van der Waals surface area contributed by atoms with Gasteiger partial charge in [0.05, 0.1) is 17.8 Å². The van der Waals surface area contributed by atoms with E-state index in [9.17, 15) is 4.79 Å². The van der Waals surface area contributed by atoms with Gasteiger partial charge in [-0.3, -0.25) is 9.69 Å². The molecule has 1 aliphatic rings. The molecule has 1 amide bonds. The number of halogens is 1. The van der Waals surface area contributed by atoms with Crippen LogP contribution in [-0.2, 0) is 13.2 Å². The molecule has 0 saturated carbocycles. The number of anilines is 1. The maximum absolute atomic E-state index is 12.7. The molecule has 0 bridgehead atoms. The minimum absolute atomic E-state index is 0.266. The highest BCUT2D eigenvalue weighted by atomic mass is 79.9. The van der Waals surface area contributed by atoms with Crippen molar-refractivity contribution in [1.29, 1.82) is 0 Å². The number of hydrazone groups is 1. The molecule has 210 valence electrons. The zero-order chi connectivity index (χ0) is 28.4. The Kier molecular flexibility index (Phi) is 9.67. The first-order chi connectivity index (χ1) is 20.1. The van der Waals surface area contributed by atoms with E-state index in [2.05, 4.69) is 66.6 Å². The summed E-state index contributed by atoms with van der Waals surface area (Å²) in [6, 6.07) is 31.9. The van der Waals surface area contributed by atoms with Gasteiger partial charge in [0, 0.05) is 44.0 Å². The van der Waals surface area contributed by atoms with Gasteiger partial charge in [0.15, 0.2) is 11.5 Å². The fourth-order valence-corrected chi connectivity index (χ4v) is 5.31. The van der Waals surface area contributed by atoms with Gasteiger partial charge in [0.1, 0.15) is 6.61 Å². The molecule has 1 saturated heterocycles. The molecular weight excluding hydrogens is 580 g/mol. The van der Waals surface area contributed by atoms with Crippen LogP contribution in [0, 0.1) is 0 Å². The number of carbonyl (C=O) groups is 1. The van der Waals surface area contributed by atoms with E-state index in [1.807, 2.05) is 66.7 Å². The molecule has 0 unspecified atom stereocenters. The fraction of sp³-hybridized carbons (Fsp3) is 0.212. The Morgan fingerprint density at radius 3 is 2.27 bits per heavy atom. The molecule has 0 aliphatic carbocycles. The number of amides is 1. The molecule has 0 aromatic heterocycles. The molecule has 0 radical (unpaired) electrons. The van der Waals surface area contributed by atoms with Crippen LogP contribution in [0.5, 0.6) is 11.5 Å². The number of benzene rings is 4. The van der Waals surface area contributed by atoms with Crippen LogP contribution >= 0.6 is 15.9 Å². The summed E-state index contributed by atoms with van der Waals surface area (Å²) in [6.07, 6.45) is 1.58. The zero-order valence-electron chi connectivity index (χ0n) is 23.0. The van der Waals surface area contributed by atoms with Crippen LogP contribution in [0.15, 0.2) is 107 Å². The largest absolute Gasteiger partial charge is 0.493 e. The van der Waals surface area contributed by atoms with Crippen molar-refractivity contribution in [3.8, 4) is 11.5 Å². The first-order valence-electron chi connectivity index (χ1n) is 13.6. The van der Waals surface area contributed by atoms with Crippen LogP contribution in [0.4, 0.5) is 5.69 Å². The van der Waals surface area contributed by atoms with Gasteiger partial charge in [-0.1, -0.05) is 60.7 Å². The Bertz CT molecular complexity index is 1460. The van der Waals surface area contributed by atoms with Crippen molar-refractivity contribution in [1.82, 2.24) is 10.3 Å². The summed E-state index contributed by atoms with van der Waals surface area (Å²) in [5.41, 5.74) is 7.45. The average Bonchev–Trinajstić information content (AvgIpc) is 3.02. The van der Waals surface area contributed by atoms with Crippen molar-refractivity contribution < 1.29 is 14.3 Å². The van der Waals surface area contributed by atoms with Gasteiger partial charge in [-0.2, -0.15) is 5.10 Å². The molecule has 7 nitrogen and oxygen atoms in total. The summed E-state index contributed by atoms with van der Waals surface area (Å²) in [4.78, 5) is 17.5. The van der Waals surface area contributed by atoms with Crippen molar-refractivity contribution >= 4 is 33.7 Å². The number of nitrogens with one attached hydrogen (secondary N) is 1. The SMILES string of the molecule is COc1cc(C=NNC(=O)c2ccc(CN3CCN(c4ccccc4)CC3)cc2)cc(Br)c1OCc1ccccc1. The number of piperazine rings is 1. The number of ether oxygens (including phenoxy) is 2. The second kappa shape index (κ2) is 14.0. The van der Waals surface area contributed by atoms with E-state index in [4.69, 9.17) is 9.47 Å². The average molecular weight is 614 g/mol. The molecule has 4 aromatic carbocycles. The van der Waals surface area contributed by atoms with E-state index in [0.717, 1.165) is 48.3 Å². The summed E-state index contributed by atoms with van der Waals surface area (Å²) >= 11 is 3.57. The highest BCUT2D eigenvalue weighted by molar-refractivity contribution is 9.10. The predicted molar refractivity (Wildman–Crippen MR) is 167 cm³/mol. The summed E-state index contributed by atoms with van der Waals surface area (Å²) in [5.74, 6) is 0.911. The number of carbonyl (C=O) groups excluding carboxylic acids is 1. The minimum Gasteiger partial charge on any atom is -0.493 e. The standard InChI is InChI=1S/C33H33BrN4O3/c1-40-31-21-27(20-30(34)32(31)41-24-26-8-4-2-5-9-26)22-35-36-33(39)28-14-12-25(13-15-28)23-37-16-18-38(19-17-37)29-10-6-3-7-11-29/h2-15,20-22H,16-19,23-24H2,1H3,(H,36,39). The second-order valence-corrected chi connectivity index (χ2v) is 10.7. The van der Waals surface area contributed by atoms with Crippen LogP contribution in [0.3, 0.4) is 0 Å². The molecular formula is C33H33BrN4O3. The molecule has 0 atom stereocenters. The molecule has 4 aromatic rings. The van der Waals surface area contributed by atoms with Gasteiger partial charge in [-0.25, -0.2) is 5.43 Å². The lowest BCUT2D eigenvalue weighted by Crippen LogP contribution is -2.45. The molecule has 1 heterocycles. The Balaban J connectivity index is 1.12. The van der Waals surface area contributed by atoms with E-state index in [0.29, 0.717) is 23.7 Å². The first-order valence-corrected chi connectivity index (χ1v) is 14.4. The third kappa shape index (κ3) is 7.74. The Morgan fingerprint density at radius 1 is 0.902 bits per heavy atom. The number of para-hydroxylation sites is 1. The van der Waals surface area contributed by atoms with Crippen LogP contribution < -0.4 is 19.8 Å². The van der Waals surface area contributed by atoms with Crippen molar-refractivity contribution in [3.05, 3.63) is 124 Å². The minimum atomic E-state index is -0.266. The summed E-state index contributed by atoms with van der Waals surface area (Å²) in [6.45, 7) is 5.32. The van der Waals surface area contributed by atoms with Gasteiger partial charge in [0.25, 0.3) is 5.91 Å². The van der Waals surface area contributed by atoms with Crippen molar-refractivity contribution in [2.24, 2.45) is 5.10 Å². The number of nitrogens with zero attached hydrogens (tertiary/aromatic N) is 3.